The summed E-state index contributed by atoms with van der Waals surface area (Å²) in [6, 6.07) is 24.4. The molecule has 3 aromatic carbocycles. The van der Waals surface area contributed by atoms with Gasteiger partial charge in [-0.05, 0) is 47.7 Å². The molecule has 1 heterocycles. The van der Waals surface area contributed by atoms with Gasteiger partial charge in [0.1, 0.15) is 5.82 Å². The third-order valence-electron chi connectivity index (χ3n) is 5.78. The molecule has 0 radical (unpaired) electrons. The second-order valence-corrected chi connectivity index (χ2v) is 7.63. The fourth-order valence-electron chi connectivity index (χ4n) is 4.36. The zero-order valence-electron chi connectivity index (χ0n) is 15.9. The van der Waals surface area contributed by atoms with E-state index in [4.69, 9.17) is 0 Å². The minimum Gasteiger partial charge on any atom is -0.372 e. The van der Waals surface area contributed by atoms with Crippen LogP contribution in [0, 0.1) is 5.82 Å². The minimum absolute atomic E-state index is 0.0380. The maximum absolute atomic E-state index is 13.4. The first kappa shape index (κ1) is 17.7. The topological polar surface area (TPSA) is 41.1 Å². The minimum atomic E-state index is -0.259. The number of allylic oxidation sites excluding steroid dienone is 1. The Balaban J connectivity index is 1.60. The Morgan fingerprint density at radius 3 is 2.21 bits per heavy atom. The number of anilines is 2. The second-order valence-electron chi connectivity index (χ2n) is 7.63. The summed E-state index contributed by atoms with van der Waals surface area (Å²) in [7, 11) is 0. The van der Waals surface area contributed by atoms with Gasteiger partial charge in [-0.3, -0.25) is 4.79 Å². The lowest BCUT2D eigenvalue weighted by molar-refractivity contribution is -0.116. The number of rotatable bonds is 2. The number of nitrogens with one attached hydrogen (secondary N) is 2. The SMILES string of the molecule is O=C1CC(c2ccc(F)cc2)CC2=C1C(c1ccccc1)Nc1ccccc1N2. The number of para-hydroxylation sites is 2. The van der Waals surface area contributed by atoms with Crippen LogP contribution in [0.15, 0.2) is 90.1 Å². The molecule has 3 aromatic rings. The van der Waals surface area contributed by atoms with Crippen LogP contribution in [0.3, 0.4) is 0 Å². The maximum Gasteiger partial charge on any atom is 0.163 e. The molecule has 0 bridgehead atoms. The van der Waals surface area contributed by atoms with Gasteiger partial charge in [-0.1, -0.05) is 54.6 Å². The average Bonchev–Trinajstić information content (AvgIpc) is 2.92. The van der Waals surface area contributed by atoms with Crippen LogP contribution in [0.1, 0.15) is 35.9 Å². The number of fused-ring (bicyclic) bond motifs is 1. The lowest BCUT2D eigenvalue weighted by Gasteiger charge is -2.30. The molecule has 1 aliphatic carbocycles. The summed E-state index contributed by atoms with van der Waals surface area (Å²) in [4.78, 5) is 13.4. The molecular formula is C25H21FN2O. The normalized spacial score (nSPS) is 20.8. The van der Waals surface area contributed by atoms with Gasteiger partial charge in [0.25, 0.3) is 0 Å². The van der Waals surface area contributed by atoms with Crippen molar-refractivity contribution in [2.45, 2.75) is 24.8 Å². The van der Waals surface area contributed by atoms with Crippen molar-refractivity contribution in [2.75, 3.05) is 10.6 Å². The lowest BCUT2D eigenvalue weighted by atomic mass is 9.78. The Labute approximate surface area is 169 Å². The largest absolute Gasteiger partial charge is 0.372 e. The summed E-state index contributed by atoms with van der Waals surface area (Å²) >= 11 is 0. The molecule has 2 unspecified atom stereocenters. The fraction of sp³-hybridized carbons (Fsp3) is 0.160. The van der Waals surface area contributed by atoms with Crippen LogP contribution >= 0.6 is 0 Å². The molecular weight excluding hydrogens is 363 g/mol. The third-order valence-corrected chi connectivity index (χ3v) is 5.78. The molecule has 2 atom stereocenters. The van der Waals surface area contributed by atoms with Crippen LogP contribution in [-0.4, -0.2) is 5.78 Å². The Morgan fingerprint density at radius 2 is 1.45 bits per heavy atom. The number of benzene rings is 3. The van der Waals surface area contributed by atoms with E-state index >= 15 is 0 Å². The first-order valence-corrected chi connectivity index (χ1v) is 9.88. The van der Waals surface area contributed by atoms with E-state index in [1.54, 1.807) is 12.1 Å². The van der Waals surface area contributed by atoms with E-state index in [0.717, 1.165) is 33.8 Å². The highest BCUT2D eigenvalue weighted by Gasteiger charge is 2.35. The van der Waals surface area contributed by atoms with Crippen molar-refractivity contribution < 1.29 is 9.18 Å². The van der Waals surface area contributed by atoms with Gasteiger partial charge in [0, 0.05) is 17.7 Å². The van der Waals surface area contributed by atoms with Crippen LogP contribution in [-0.2, 0) is 4.79 Å². The zero-order valence-corrected chi connectivity index (χ0v) is 15.9. The Hall–Kier alpha value is -3.40. The molecule has 144 valence electrons. The Kier molecular flexibility index (Phi) is 4.39. The highest BCUT2D eigenvalue weighted by molar-refractivity contribution is 6.01. The second kappa shape index (κ2) is 7.21. The van der Waals surface area contributed by atoms with E-state index < -0.39 is 0 Å². The summed E-state index contributed by atoms with van der Waals surface area (Å²) in [6.45, 7) is 0. The quantitative estimate of drug-likeness (QED) is 0.586. The number of hydrogen-bond donors (Lipinski definition) is 2. The first-order valence-electron chi connectivity index (χ1n) is 9.88. The number of Topliss-reactive ketones (excluding diaryl/α,β-unsaturated/α-hetero) is 1. The molecule has 4 heteroatoms. The molecule has 0 amide bonds. The molecule has 3 nitrogen and oxygen atoms in total. The van der Waals surface area contributed by atoms with Crippen molar-refractivity contribution in [3.63, 3.8) is 0 Å². The van der Waals surface area contributed by atoms with E-state index in [1.165, 1.54) is 12.1 Å². The van der Waals surface area contributed by atoms with Crippen molar-refractivity contribution in [3.05, 3.63) is 107 Å². The third kappa shape index (κ3) is 3.31. The zero-order chi connectivity index (χ0) is 19.8. The van der Waals surface area contributed by atoms with E-state index in [2.05, 4.69) is 22.8 Å². The number of carbonyl (C=O) groups excluding carboxylic acids is 1. The van der Waals surface area contributed by atoms with Gasteiger partial charge in [0.2, 0.25) is 0 Å². The molecule has 0 aromatic heterocycles. The molecule has 0 saturated carbocycles. The van der Waals surface area contributed by atoms with Crippen molar-refractivity contribution in [1.29, 1.82) is 0 Å². The van der Waals surface area contributed by atoms with Crippen LogP contribution in [0.2, 0.25) is 0 Å². The number of halogens is 1. The smallest absolute Gasteiger partial charge is 0.163 e. The van der Waals surface area contributed by atoms with Gasteiger partial charge in [-0.15, -0.1) is 0 Å². The summed E-state index contributed by atoms with van der Waals surface area (Å²) < 4.78 is 13.4. The Morgan fingerprint density at radius 1 is 0.759 bits per heavy atom. The standard InChI is InChI=1S/C25H21FN2O/c26-19-12-10-16(11-13-19)18-14-22-24(23(29)15-18)25(17-6-2-1-3-7-17)28-21-9-5-4-8-20(21)27-22/h1-13,18,25,27-28H,14-15H2. The van der Waals surface area contributed by atoms with Crippen LogP contribution < -0.4 is 10.6 Å². The molecule has 0 spiro atoms. The highest BCUT2D eigenvalue weighted by Crippen LogP contribution is 2.44. The predicted octanol–water partition coefficient (Wildman–Crippen LogP) is 5.81. The van der Waals surface area contributed by atoms with Crippen molar-refractivity contribution in [1.82, 2.24) is 0 Å². The lowest BCUT2D eigenvalue weighted by Crippen LogP contribution is -2.26. The molecule has 2 aliphatic rings. The van der Waals surface area contributed by atoms with Crippen molar-refractivity contribution in [2.24, 2.45) is 0 Å². The van der Waals surface area contributed by atoms with Gasteiger partial charge < -0.3 is 10.6 Å². The van der Waals surface area contributed by atoms with E-state index in [0.29, 0.717) is 12.8 Å². The van der Waals surface area contributed by atoms with E-state index in [-0.39, 0.29) is 23.6 Å². The van der Waals surface area contributed by atoms with E-state index in [9.17, 15) is 9.18 Å². The summed E-state index contributed by atoms with van der Waals surface area (Å²) in [6.07, 6.45) is 1.14. The van der Waals surface area contributed by atoms with Crippen LogP contribution in [0.25, 0.3) is 0 Å². The van der Waals surface area contributed by atoms with Gasteiger partial charge in [-0.2, -0.15) is 0 Å². The molecule has 5 rings (SSSR count). The molecule has 0 saturated heterocycles. The number of carbonyl (C=O) groups is 1. The monoisotopic (exact) mass is 384 g/mol. The van der Waals surface area contributed by atoms with Gasteiger partial charge in [0.15, 0.2) is 5.78 Å². The predicted molar refractivity (Wildman–Crippen MR) is 113 cm³/mol. The van der Waals surface area contributed by atoms with Gasteiger partial charge in [0.05, 0.1) is 17.4 Å². The van der Waals surface area contributed by atoms with Gasteiger partial charge in [-0.25, -0.2) is 4.39 Å². The van der Waals surface area contributed by atoms with Crippen LogP contribution in [0.4, 0.5) is 15.8 Å². The molecule has 1 aliphatic heterocycles. The summed E-state index contributed by atoms with van der Waals surface area (Å²) in [5.74, 6) is -0.0936. The number of ketones is 1. The van der Waals surface area contributed by atoms with E-state index in [1.807, 2.05) is 42.5 Å². The Bertz CT molecular complexity index is 1090. The maximum atomic E-state index is 13.4. The van der Waals surface area contributed by atoms with Crippen molar-refractivity contribution in [3.8, 4) is 0 Å². The molecule has 29 heavy (non-hydrogen) atoms. The average molecular weight is 384 g/mol. The highest BCUT2D eigenvalue weighted by atomic mass is 19.1. The molecule has 2 N–H and O–H groups in total. The number of hydrogen-bond acceptors (Lipinski definition) is 3. The van der Waals surface area contributed by atoms with Crippen LogP contribution in [0.5, 0.6) is 0 Å². The van der Waals surface area contributed by atoms with Crippen molar-refractivity contribution >= 4 is 17.2 Å². The van der Waals surface area contributed by atoms with Gasteiger partial charge >= 0.3 is 0 Å². The first-order chi connectivity index (χ1) is 14.2. The fourth-order valence-corrected chi connectivity index (χ4v) is 4.36. The summed E-state index contributed by atoms with van der Waals surface area (Å²) in [5.41, 5.74) is 5.74. The molecule has 0 fully saturated rings. The summed E-state index contributed by atoms with van der Waals surface area (Å²) in [5, 5.41) is 7.10.